The lowest BCUT2D eigenvalue weighted by Crippen LogP contribution is -2.22. The summed E-state index contributed by atoms with van der Waals surface area (Å²) in [6, 6.07) is 8.29. The van der Waals surface area contributed by atoms with Crippen LogP contribution in [-0.2, 0) is 16.1 Å². The van der Waals surface area contributed by atoms with E-state index in [1.54, 1.807) is 0 Å². The van der Waals surface area contributed by atoms with E-state index in [2.05, 4.69) is 24.5 Å². The summed E-state index contributed by atoms with van der Waals surface area (Å²) in [5, 5.41) is 6.18. The van der Waals surface area contributed by atoms with Gasteiger partial charge in [0, 0.05) is 24.9 Å². The summed E-state index contributed by atoms with van der Waals surface area (Å²) in [5.41, 5.74) is 1.97. The van der Waals surface area contributed by atoms with Crippen molar-refractivity contribution in [1.29, 1.82) is 0 Å². The highest BCUT2D eigenvalue weighted by atomic mass is 16.5. The molecule has 4 heteroatoms. The van der Waals surface area contributed by atoms with E-state index < -0.39 is 0 Å². The molecule has 0 bridgehead atoms. The zero-order valence-electron chi connectivity index (χ0n) is 12.0. The highest BCUT2D eigenvalue weighted by Gasteiger charge is 2.03. The number of hydrogen-bond acceptors (Lipinski definition) is 3. The second-order valence-corrected chi connectivity index (χ2v) is 4.84. The van der Waals surface area contributed by atoms with Crippen molar-refractivity contribution in [1.82, 2.24) is 5.32 Å². The lowest BCUT2D eigenvalue weighted by Gasteiger charge is -2.10. The first-order valence-corrected chi connectivity index (χ1v) is 6.81. The topological polar surface area (TPSA) is 50.4 Å². The summed E-state index contributed by atoms with van der Waals surface area (Å²) in [4.78, 5) is 11.6. The first-order valence-electron chi connectivity index (χ1n) is 6.81. The molecule has 2 N–H and O–H groups in total. The molecular weight excluding hydrogens is 240 g/mol. The van der Waals surface area contributed by atoms with E-state index >= 15 is 0 Å². The normalized spacial score (nSPS) is 10.7. The van der Waals surface area contributed by atoms with Gasteiger partial charge in [0.1, 0.15) is 6.61 Å². The van der Waals surface area contributed by atoms with Crippen LogP contribution in [0.15, 0.2) is 24.3 Å². The maximum absolute atomic E-state index is 11.6. The van der Waals surface area contributed by atoms with E-state index in [1.165, 1.54) is 0 Å². The Morgan fingerprint density at radius 2 is 2.16 bits per heavy atom. The molecule has 0 aliphatic carbocycles. The predicted octanol–water partition coefficient (Wildman–Crippen LogP) is 2.55. The molecule has 0 saturated carbocycles. The van der Waals surface area contributed by atoms with Gasteiger partial charge in [-0.25, -0.2) is 0 Å². The molecule has 0 aliphatic heterocycles. The van der Waals surface area contributed by atoms with Gasteiger partial charge in [0.25, 0.3) is 0 Å². The molecule has 0 aliphatic rings. The van der Waals surface area contributed by atoms with Crippen molar-refractivity contribution in [3.8, 4) is 0 Å². The van der Waals surface area contributed by atoms with Crippen molar-refractivity contribution in [3.63, 3.8) is 0 Å². The Balaban J connectivity index is 2.45. The Morgan fingerprint density at radius 3 is 2.84 bits per heavy atom. The molecule has 0 saturated heterocycles. The monoisotopic (exact) mass is 264 g/mol. The molecule has 0 fully saturated rings. The molecule has 1 amide bonds. The highest BCUT2D eigenvalue weighted by Crippen LogP contribution is 2.10. The third-order valence-electron chi connectivity index (χ3n) is 2.51. The van der Waals surface area contributed by atoms with Crippen molar-refractivity contribution < 1.29 is 9.53 Å². The summed E-state index contributed by atoms with van der Waals surface area (Å²) in [6.45, 7) is 7.76. The fourth-order valence-corrected chi connectivity index (χ4v) is 1.59. The molecule has 106 valence electrons. The van der Waals surface area contributed by atoms with Crippen molar-refractivity contribution in [2.75, 3.05) is 18.5 Å². The maximum atomic E-state index is 11.6. The summed E-state index contributed by atoms with van der Waals surface area (Å²) >= 11 is 0. The molecule has 0 unspecified atom stereocenters. The van der Waals surface area contributed by atoms with Crippen LogP contribution in [0.5, 0.6) is 0 Å². The van der Waals surface area contributed by atoms with Crippen molar-refractivity contribution in [2.45, 2.75) is 39.8 Å². The minimum Gasteiger partial charge on any atom is -0.372 e. The van der Waals surface area contributed by atoms with Crippen molar-refractivity contribution in [2.24, 2.45) is 0 Å². The SMILES string of the molecule is CCCOCC(=O)Nc1cccc(CNC(C)C)c1. The number of carbonyl (C=O) groups is 1. The lowest BCUT2D eigenvalue weighted by atomic mass is 10.2. The fourth-order valence-electron chi connectivity index (χ4n) is 1.59. The fraction of sp³-hybridized carbons (Fsp3) is 0.533. The molecule has 0 aromatic heterocycles. The van der Waals surface area contributed by atoms with Gasteiger partial charge in [0.05, 0.1) is 0 Å². The van der Waals surface area contributed by atoms with Crippen LogP contribution in [0.4, 0.5) is 5.69 Å². The van der Waals surface area contributed by atoms with Crippen LogP contribution in [0.25, 0.3) is 0 Å². The van der Waals surface area contributed by atoms with Gasteiger partial charge in [-0.3, -0.25) is 4.79 Å². The zero-order chi connectivity index (χ0) is 14.1. The molecule has 0 heterocycles. The van der Waals surface area contributed by atoms with E-state index in [1.807, 2.05) is 31.2 Å². The van der Waals surface area contributed by atoms with Gasteiger partial charge in [-0.2, -0.15) is 0 Å². The maximum Gasteiger partial charge on any atom is 0.250 e. The van der Waals surface area contributed by atoms with Gasteiger partial charge in [0.15, 0.2) is 0 Å². The number of amides is 1. The Kier molecular flexibility index (Phi) is 7.15. The van der Waals surface area contributed by atoms with E-state index in [4.69, 9.17) is 4.74 Å². The molecule has 0 atom stereocenters. The number of anilines is 1. The number of hydrogen-bond donors (Lipinski definition) is 2. The van der Waals surface area contributed by atoms with Gasteiger partial charge in [-0.1, -0.05) is 32.9 Å². The number of carbonyl (C=O) groups excluding carboxylic acids is 1. The van der Waals surface area contributed by atoms with E-state index in [-0.39, 0.29) is 12.5 Å². The van der Waals surface area contributed by atoms with Gasteiger partial charge in [-0.15, -0.1) is 0 Å². The minimum absolute atomic E-state index is 0.109. The predicted molar refractivity (Wildman–Crippen MR) is 78.2 cm³/mol. The molecule has 1 aromatic carbocycles. The Bertz CT molecular complexity index is 391. The summed E-state index contributed by atoms with van der Waals surface area (Å²) in [6.07, 6.45) is 0.920. The molecular formula is C15H24N2O2. The van der Waals surface area contributed by atoms with Crippen molar-refractivity contribution in [3.05, 3.63) is 29.8 Å². The van der Waals surface area contributed by atoms with Gasteiger partial charge < -0.3 is 15.4 Å². The highest BCUT2D eigenvalue weighted by molar-refractivity contribution is 5.91. The van der Waals surface area contributed by atoms with E-state index in [0.29, 0.717) is 12.6 Å². The summed E-state index contributed by atoms with van der Waals surface area (Å²) in [7, 11) is 0. The van der Waals surface area contributed by atoms with Gasteiger partial charge in [0.2, 0.25) is 5.91 Å². The van der Waals surface area contributed by atoms with Crippen molar-refractivity contribution >= 4 is 11.6 Å². The second kappa shape index (κ2) is 8.67. The van der Waals surface area contributed by atoms with Gasteiger partial charge >= 0.3 is 0 Å². The van der Waals surface area contributed by atoms with Crippen LogP contribution in [0.1, 0.15) is 32.8 Å². The van der Waals surface area contributed by atoms with Gasteiger partial charge in [-0.05, 0) is 24.1 Å². The summed E-state index contributed by atoms with van der Waals surface area (Å²) < 4.78 is 5.20. The van der Waals surface area contributed by atoms with E-state index in [0.717, 1.165) is 24.2 Å². The molecule has 19 heavy (non-hydrogen) atoms. The molecule has 1 aromatic rings. The smallest absolute Gasteiger partial charge is 0.250 e. The van der Waals surface area contributed by atoms with Crippen LogP contribution < -0.4 is 10.6 Å². The van der Waals surface area contributed by atoms with Crippen LogP contribution in [0.2, 0.25) is 0 Å². The summed E-state index contributed by atoms with van der Waals surface area (Å²) in [5.74, 6) is -0.109. The van der Waals surface area contributed by atoms with Crippen LogP contribution in [-0.4, -0.2) is 25.2 Å². The lowest BCUT2D eigenvalue weighted by molar-refractivity contribution is -0.120. The number of ether oxygens (including phenoxy) is 1. The third-order valence-corrected chi connectivity index (χ3v) is 2.51. The molecule has 4 nitrogen and oxygen atoms in total. The van der Waals surface area contributed by atoms with Crippen LogP contribution in [0, 0.1) is 0 Å². The first-order chi connectivity index (χ1) is 9.11. The quantitative estimate of drug-likeness (QED) is 0.709. The first kappa shape index (κ1) is 15.7. The second-order valence-electron chi connectivity index (χ2n) is 4.84. The average molecular weight is 264 g/mol. The Labute approximate surface area is 115 Å². The number of rotatable bonds is 8. The number of nitrogens with one attached hydrogen (secondary N) is 2. The standard InChI is InChI=1S/C15H24N2O2/c1-4-8-19-11-15(18)17-14-7-5-6-13(9-14)10-16-12(2)3/h5-7,9,12,16H,4,8,10-11H2,1-3H3,(H,17,18). The largest absolute Gasteiger partial charge is 0.372 e. The Morgan fingerprint density at radius 1 is 1.37 bits per heavy atom. The molecule has 1 rings (SSSR count). The average Bonchev–Trinajstić information content (AvgIpc) is 2.37. The number of benzene rings is 1. The third kappa shape index (κ3) is 6.94. The van der Waals surface area contributed by atoms with E-state index in [9.17, 15) is 4.79 Å². The Hall–Kier alpha value is -1.39. The van der Waals surface area contributed by atoms with Crippen LogP contribution >= 0.6 is 0 Å². The van der Waals surface area contributed by atoms with Crippen LogP contribution in [0.3, 0.4) is 0 Å². The molecule has 0 spiro atoms. The minimum atomic E-state index is -0.109. The zero-order valence-corrected chi connectivity index (χ0v) is 12.0. The molecule has 0 radical (unpaired) electrons.